The van der Waals surface area contributed by atoms with Gasteiger partial charge in [0.05, 0.1) is 6.10 Å². The van der Waals surface area contributed by atoms with Gasteiger partial charge in [0, 0.05) is 17.6 Å². The van der Waals surface area contributed by atoms with Crippen molar-refractivity contribution in [2.45, 2.75) is 44.4 Å². The molecular formula is C14H19ClFNO. The molecule has 100 valence electrons. The van der Waals surface area contributed by atoms with Crippen LogP contribution in [0.1, 0.15) is 31.2 Å². The van der Waals surface area contributed by atoms with Crippen LogP contribution in [0.5, 0.6) is 0 Å². The standard InChI is InChI=1S/C14H19ClFNO/c1-17(13-4-2-3-5-14(13)18)9-10-6-7-11(16)8-12(10)15/h6-8,13-14,18H,2-5,9H2,1H3. The van der Waals surface area contributed by atoms with E-state index in [4.69, 9.17) is 11.6 Å². The predicted octanol–water partition coefficient (Wildman–Crippen LogP) is 3.21. The molecular weight excluding hydrogens is 253 g/mol. The molecule has 0 amide bonds. The van der Waals surface area contributed by atoms with Gasteiger partial charge in [-0.3, -0.25) is 4.90 Å². The lowest BCUT2D eigenvalue weighted by Crippen LogP contribution is -2.42. The van der Waals surface area contributed by atoms with E-state index in [2.05, 4.69) is 4.90 Å². The highest BCUT2D eigenvalue weighted by molar-refractivity contribution is 6.31. The minimum atomic E-state index is -0.316. The zero-order valence-electron chi connectivity index (χ0n) is 10.6. The molecule has 0 aliphatic heterocycles. The second-order valence-corrected chi connectivity index (χ2v) is 5.48. The molecule has 2 atom stereocenters. The van der Waals surface area contributed by atoms with Crippen molar-refractivity contribution in [3.63, 3.8) is 0 Å². The third kappa shape index (κ3) is 3.22. The first kappa shape index (κ1) is 13.8. The van der Waals surface area contributed by atoms with E-state index in [1.165, 1.54) is 12.1 Å². The molecule has 0 aromatic heterocycles. The van der Waals surface area contributed by atoms with Gasteiger partial charge in [-0.05, 0) is 37.6 Å². The Morgan fingerprint density at radius 3 is 2.78 bits per heavy atom. The maximum atomic E-state index is 13.0. The quantitative estimate of drug-likeness (QED) is 0.913. The summed E-state index contributed by atoms with van der Waals surface area (Å²) in [6.07, 6.45) is 3.87. The van der Waals surface area contributed by atoms with Gasteiger partial charge in [0.25, 0.3) is 0 Å². The number of likely N-dealkylation sites (N-methyl/N-ethyl adjacent to an activating group) is 1. The van der Waals surface area contributed by atoms with Crippen LogP contribution in [0, 0.1) is 5.82 Å². The summed E-state index contributed by atoms with van der Waals surface area (Å²) in [6.45, 7) is 0.640. The van der Waals surface area contributed by atoms with Crippen molar-refractivity contribution >= 4 is 11.6 Å². The Morgan fingerprint density at radius 1 is 1.39 bits per heavy atom. The van der Waals surface area contributed by atoms with Crippen LogP contribution in [0.15, 0.2) is 18.2 Å². The summed E-state index contributed by atoms with van der Waals surface area (Å²) in [5.74, 6) is -0.316. The van der Waals surface area contributed by atoms with Gasteiger partial charge in [0.1, 0.15) is 5.82 Å². The molecule has 1 fully saturated rings. The molecule has 2 unspecified atom stereocenters. The van der Waals surface area contributed by atoms with E-state index in [-0.39, 0.29) is 18.0 Å². The van der Waals surface area contributed by atoms with Crippen molar-refractivity contribution in [2.75, 3.05) is 7.05 Å². The van der Waals surface area contributed by atoms with Crippen LogP contribution in [-0.2, 0) is 6.54 Å². The summed E-state index contributed by atoms with van der Waals surface area (Å²) in [5.41, 5.74) is 0.901. The Hall–Kier alpha value is -0.640. The van der Waals surface area contributed by atoms with Gasteiger partial charge < -0.3 is 5.11 Å². The molecule has 0 spiro atoms. The van der Waals surface area contributed by atoms with Gasteiger partial charge in [-0.1, -0.05) is 30.5 Å². The molecule has 1 aliphatic carbocycles. The molecule has 0 saturated heterocycles. The molecule has 0 heterocycles. The fourth-order valence-electron chi connectivity index (χ4n) is 2.64. The van der Waals surface area contributed by atoms with E-state index in [9.17, 15) is 9.50 Å². The van der Waals surface area contributed by atoms with Crippen LogP contribution in [0.3, 0.4) is 0 Å². The summed E-state index contributed by atoms with van der Waals surface area (Å²) in [7, 11) is 1.99. The molecule has 1 aliphatic rings. The van der Waals surface area contributed by atoms with Crippen LogP contribution in [-0.4, -0.2) is 29.2 Å². The number of halogens is 2. The molecule has 1 aromatic carbocycles. The highest BCUT2D eigenvalue weighted by Crippen LogP contribution is 2.25. The molecule has 2 rings (SSSR count). The Labute approximate surface area is 112 Å². The summed E-state index contributed by atoms with van der Waals surface area (Å²) < 4.78 is 13.0. The first-order valence-electron chi connectivity index (χ1n) is 6.40. The maximum Gasteiger partial charge on any atom is 0.124 e. The molecule has 1 saturated carbocycles. The van der Waals surface area contributed by atoms with E-state index in [0.717, 1.165) is 31.2 Å². The Bertz CT molecular complexity index is 413. The fraction of sp³-hybridized carbons (Fsp3) is 0.571. The number of hydrogen-bond donors (Lipinski definition) is 1. The lowest BCUT2D eigenvalue weighted by molar-refractivity contribution is 0.0288. The van der Waals surface area contributed by atoms with Crippen molar-refractivity contribution in [3.8, 4) is 0 Å². The van der Waals surface area contributed by atoms with E-state index in [1.807, 2.05) is 7.05 Å². The Kier molecular flexibility index (Phi) is 4.60. The number of nitrogens with zero attached hydrogens (tertiary/aromatic N) is 1. The predicted molar refractivity (Wildman–Crippen MR) is 71.1 cm³/mol. The van der Waals surface area contributed by atoms with E-state index in [0.29, 0.717) is 11.6 Å². The van der Waals surface area contributed by atoms with E-state index in [1.54, 1.807) is 6.07 Å². The van der Waals surface area contributed by atoms with Crippen molar-refractivity contribution in [1.29, 1.82) is 0 Å². The second kappa shape index (κ2) is 6.00. The summed E-state index contributed by atoms with van der Waals surface area (Å²) in [5, 5.41) is 10.4. The zero-order valence-corrected chi connectivity index (χ0v) is 11.3. The Morgan fingerprint density at radius 2 is 2.11 bits per heavy atom. The van der Waals surface area contributed by atoms with Crippen LogP contribution in [0.25, 0.3) is 0 Å². The number of rotatable bonds is 3. The van der Waals surface area contributed by atoms with E-state index >= 15 is 0 Å². The highest BCUT2D eigenvalue weighted by atomic mass is 35.5. The minimum Gasteiger partial charge on any atom is -0.391 e. The minimum absolute atomic E-state index is 0.180. The molecule has 0 radical (unpaired) electrons. The zero-order chi connectivity index (χ0) is 13.1. The smallest absolute Gasteiger partial charge is 0.124 e. The molecule has 18 heavy (non-hydrogen) atoms. The second-order valence-electron chi connectivity index (χ2n) is 5.07. The lowest BCUT2D eigenvalue weighted by Gasteiger charge is -2.35. The summed E-state index contributed by atoms with van der Waals surface area (Å²) in [4.78, 5) is 2.11. The average molecular weight is 272 g/mol. The number of benzene rings is 1. The van der Waals surface area contributed by atoms with Crippen molar-refractivity contribution in [3.05, 3.63) is 34.6 Å². The number of aliphatic hydroxyl groups excluding tert-OH is 1. The molecule has 1 aromatic rings. The maximum absolute atomic E-state index is 13.0. The van der Waals surface area contributed by atoms with Crippen molar-refractivity contribution in [2.24, 2.45) is 0 Å². The normalized spacial score (nSPS) is 24.5. The lowest BCUT2D eigenvalue weighted by atomic mass is 9.91. The van der Waals surface area contributed by atoms with Crippen molar-refractivity contribution in [1.82, 2.24) is 4.90 Å². The van der Waals surface area contributed by atoms with Crippen molar-refractivity contribution < 1.29 is 9.50 Å². The third-order valence-electron chi connectivity index (χ3n) is 3.69. The largest absolute Gasteiger partial charge is 0.391 e. The number of hydrogen-bond acceptors (Lipinski definition) is 2. The van der Waals surface area contributed by atoms with Gasteiger partial charge in [0.15, 0.2) is 0 Å². The van der Waals surface area contributed by atoms with Crippen LogP contribution in [0.4, 0.5) is 4.39 Å². The monoisotopic (exact) mass is 271 g/mol. The molecule has 0 bridgehead atoms. The van der Waals surface area contributed by atoms with Crippen LogP contribution in [0.2, 0.25) is 5.02 Å². The van der Waals surface area contributed by atoms with Gasteiger partial charge in [-0.2, -0.15) is 0 Å². The average Bonchev–Trinajstić information content (AvgIpc) is 2.33. The Balaban J connectivity index is 2.03. The van der Waals surface area contributed by atoms with E-state index < -0.39 is 0 Å². The molecule has 1 N–H and O–H groups in total. The fourth-order valence-corrected chi connectivity index (χ4v) is 2.87. The first-order valence-corrected chi connectivity index (χ1v) is 6.78. The third-order valence-corrected chi connectivity index (χ3v) is 4.05. The summed E-state index contributed by atoms with van der Waals surface area (Å²) in [6, 6.07) is 4.65. The molecule has 2 nitrogen and oxygen atoms in total. The SMILES string of the molecule is CN(Cc1ccc(F)cc1Cl)C1CCCCC1O. The van der Waals surface area contributed by atoms with Gasteiger partial charge in [-0.15, -0.1) is 0 Å². The topological polar surface area (TPSA) is 23.5 Å². The van der Waals surface area contributed by atoms with Crippen LogP contribution < -0.4 is 0 Å². The van der Waals surface area contributed by atoms with Gasteiger partial charge in [-0.25, -0.2) is 4.39 Å². The van der Waals surface area contributed by atoms with Gasteiger partial charge in [0.2, 0.25) is 0 Å². The molecule has 4 heteroatoms. The summed E-state index contributed by atoms with van der Waals surface area (Å²) >= 11 is 6.02. The number of aliphatic hydroxyl groups is 1. The first-order chi connectivity index (χ1) is 8.58. The van der Waals surface area contributed by atoms with Crippen LogP contribution >= 0.6 is 11.6 Å². The highest BCUT2D eigenvalue weighted by Gasteiger charge is 2.26. The van der Waals surface area contributed by atoms with Gasteiger partial charge >= 0.3 is 0 Å².